The second-order valence-electron chi connectivity index (χ2n) is 3.63. The first kappa shape index (κ1) is 12.7. The molecule has 0 radical (unpaired) electrons. The number of carbonyl (C=O) groups is 1. The number of allylic oxidation sites excluding steroid dienone is 1. The van der Waals surface area contributed by atoms with E-state index in [-0.39, 0.29) is 12.3 Å². The van der Waals surface area contributed by atoms with E-state index >= 15 is 0 Å². The van der Waals surface area contributed by atoms with E-state index in [0.29, 0.717) is 16.7 Å². The molecule has 0 amide bonds. The summed E-state index contributed by atoms with van der Waals surface area (Å²) in [5.41, 5.74) is 1.72. The molecule has 1 aromatic heterocycles. The molecular weight excluding hydrogens is 242 g/mol. The molecule has 1 aromatic carbocycles. The van der Waals surface area contributed by atoms with E-state index < -0.39 is 5.97 Å². The van der Waals surface area contributed by atoms with Crippen LogP contribution in [0.5, 0.6) is 0 Å². The van der Waals surface area contributed by atoms with Crippen LogP contribution in [0.4, 0.5) is 0 Å². The molecule has 0 atom stereocenters. The van der Waals surface area contributed by atoms with Crippen molar-refractivity contribution in [3.8, 4) is 6.07 Å². The predicted molar refractivity (Wildman–Crippen MR) is 70.1 cm³/mol. The summed E-state index contributed by atoms with van der Waals surface area (Å²) in [5, 5.41) is 8.57. The lowest BCUT2D eigenvalue weighted by molar-refractivity contribution is 0.0519. The summed E-state index contributed by atoms with van der Waals surface area (Å²) < 4.78 is 4.94. The first-order chi connectivity index (χ1) is 9.26. The van der Waals surface area contributed by atoms with Crippen molar-refractivity contribution in [2.45, 2.75) is 6.92 Å². The van der Waals surface area contributed by atoms with Crippen molar-refractivity contribution in [1.82, 2.24) is 9.97 Å². The average molecular weight is 253 g/mol. The number of para-hydroxylation sites is 2. The van der Waals surface area contributed by atoms with Crippen molar-refractivity contribution in [2.24, 2.45) is 0 Å². The van der Waals surface area contributed by atoms with Crippen LogP contribution >= 0.6 is 0 Å². The number of ether oxygens (including phenoxy) is 1. The van der Waals surface area contributed by atoms with Crippen molar-refractivity contribution < 1.29 is 9.53 Å². The standard InChI is InChI=1S/C14H11N3O2/c1-2-19-14(18)13-12(8-5-9-15)16-10-6-3-4-7-11(10)17-13/h3-8H,2H2,1H3/b8-5+. The second-order valence-corrected chi connectivity index (χ2v) is 3.63. The van der Waals surface area contributed by atoms with Gasteiger partial charge in [-0.3, -0.25) is 0 Å². The van der Waals surface area contributed by atoms with Gasteiger partial charge in [0, 0.05) is 6.08 Å². The van der Waals surface area contributed by atoms with Crippen LogP contribution in [0.25, 0.3) is 17.1 Å². The minimum Gasteiger partial charge on any atom is -0.461 e. The van der Waals surface area contributed by atoms with Crippen LogP contribution in [0.1, 0.15) is 23.1 Å². The SMILES string of the molecule is CCOC(=O)c1nc2ccccc2nc1/C=C/C#N. The Balaban J connectivity index is 2.60. The zero-order valence-electron chi connectivity index (χ0n) is 10.3. The molecule has 0 aliphatic carbocycles. The number of hydrogen-bond acceptors (Lipinski definition) is 5. The molecule has 0 saturated carbocycles. The monoisotopic (exact) mass is 253 g/mol. The van der Waals surface area contributed by atoms with Gasteiger partial charge in [0.25, 0.3) is 0 Å². The van der Waals surface area contributed by atoms with E-state index in [1.54, 1.807) is 19.1 Å². The first-order valence-corrected chi connectivity index (χ1v) is 5.76. The summed E-state index contributed by atoms with van der Waals surface area (Å²) in [4.78, 5) is 20.4. The number of aromatic nitrogens is 2. The summed E-state index contributed by atoms with van der Waals surface area (Å²) in [5.74, 6) is -0.543. The van der Waals surface area contributed by atoms with Crippen LogP contribution in [0.3, 0.4) is 0 Å². The van der Waals surface area contributed by atoms with Gasteiger partial charge in [0.2, 0.25) is 0 Å². The normalized spacial score (nSPS) is 10.5. The van der Waals surface area contributed by atoms with E-state index in [4.69, 9.17) is 10.00 Å². The van der Waals surface area contributed by atoms with Crippen molar-refractivity contribution in [3.05, 3.63) is 41.7 Å². The predicted octanol–water partition coefficient (Wildman–Crippen LogP) is 2.34. The Kier molecular flexibility index (Phi) is 3.84. The molecule has 0 aliphatic heterocycles. The van der Waals surface area contributed by atoms with Crippen LogP contribution < -0.4 is 0 Å². The Labute approximate surface area is 110 Å². The maximum Gasteiger partial charge on any atom is 0.359 e. The van der Waals surface area contributed by atoms with E-state index in [2.05, 4.69) is 9.97 Å². The second kappa shape index (κ2) is 5.74. The first-order valence-electron chi connectivity index (χ1n) is 5.76. The number of rotatable bonds is 3. The number of nitrogens with zero attached hydrogens (tertiary/aromatic N) is 3. The summed E-state index contributed by atoms with van der Waals surface area (Å²) >= 11 is 0. The van der Waals surface area contributed by atoms with Gasteiger partial charge in [-0.05, 0) is 25.1 Å². The van der Waals surface area contributed by atoms with Gasteiger partial charge in [0.15, 0.2) is 5.69 Å². The number of benzene rings is 1. The van der Waals surface area contributed by atoms with Crippen LogP contribution in [-0.2, 0) is 4.74 Å². The Bertz CT molecular complexity index is 687. The van der Waals surface area contributed by atoms with Crippen molar-refractivity contribution in [1.29, 1.82) is 5.26 Å². The molecule has 1 heterocycles. The minimum atomic E-state index is -0.543. The third-order valence-electron chi connectivity index (χ3n) is 2.38. The fraction of sp³-hybridized carbons (Fsp3) is 0.143. The fourth-order valence-electron chi connectivity index (χ4n) is 1.60. The molecule has 0 aliphatic rings. The summed E-state index contributed by atoms with van der Waals surface area (Å²) in [7, 11) is 0. The topological polar surface area (TPSA) is 75.9 Å². The zero-order chi connectivity index (χ0) is 13.7. The molecule has 94 valence electrons. The highest BCUT2D eigenvalue weighted by Crippen LogP contribution is 2.15. The van der Waals surface area contributed by atoms with E-state index in [0.717, 1.165) is 0 Å². The van der Waals surface area contributed by atoms with Gasteiger partial charge in [-0.2, -0.15) is 5.26 Å². The third-order valence-corrected chi connectivity index (χ3v) is 2.38. The van der Waals surface area contributed by atoms with Crippen LogP contribution in [0, 0.1) is 11.3 Å². The number of fused-ring (bicyclic) bond motifs is 1. The highest BCUT2D eigenvalue weighted by molar-refractivity contribution is 5.93. The van der Waals surface area contributed by atoms with Gasteiger partial charge in [-0.1, -0.05) is 12.1 Å². The lowest BCUT2D eigenvalue weighted by atomic mass is 10.2. The van der Waals surface area contributed by atoms with Gasteiger partial charge in [0.1, 0.15) is 0 Å². The molecule has 0 fully saturated rings. The smallest absolute Gasteiger partial charge is 0.359 e. The van der Waals surface area contributed by atoms with Crippen LogP contribution in [0.2, 0.25) is 0 Å². The number of hydrogen-bond donors (Lipinski definition) is 0. The Morgan fingerprint density at radius 1 is 1.37 bits per heavy atom. The highest BCUT2D eigenvalue weighted by Gasteiger charge is 2.15. The van der Waals surface area contributed by atoms with E-state index in [1.165, 1.54) is 12.2 Å². The van der Waals surface area contributed by atoms with Gasteiger partial charge in [-0.25, -0.2) is 14.8 Å². The third kappa shape index (κ3) is 2.75. The Morgan fingerprint density at radius 3 is 2.68 bits per heavy atom. The number of carbonyl (C=O) groups excluding carboxylic acids is 1. The number of esters is 1. The minimum absolute atomic E-state index is 0.118. The zero-order valence-corrected chi connectivity index (χ0v) is 10.3. The Hall–Kier alpha value is -2.74. The van der Waals surface area contributed by atoms with Crippen LogP contribution in [0.15, 0.2) is 30.3 Å². The summed E-state index contributed by atoms with van der Waals surface area (Å²) in [6.45, 7) is 1.98. The van der Waals surface area contributed by atoms with E-state index in [1.807, 2.05) is 18.2 Å². The number of nitriles is 1. The maximum atomic E-state index is 11.8. The highest BCUT2D eigenvalue weighted by atomic mass is 16.5. The van der Waals surface area contributed by atoms with Crippen molar-refractivity contribution in [2.75, 3.05) is 6.61 Å². The molecule has 19 heavy (non-hydrogen) atoms. The van der Waals surface area contributed by atoms with Crippen molar-refractivity contribution in [3.63, 3.8) is 0 Å². The maximum absolute atomic E-state index is 11.8. The van der Waals surface area contributed by atoms with Gasteiger partial charge < -0.3 is 4.74 Å². The molecule has 5 nitrogen and oxygen atoms in total. The molecule has 2 rings (SSSR count). The molecule has 0 saturated heterocycles. The largest absolute Gasteiger partial charge is 0.461 e. The summed E-state index contributed by atoms with van der Waals surface area (Å²) in [6.07, 6.45) is 2.70. The average Bonchev–Trinajstić information content (AvgIpc) is 2.44. The fourth-order valence-corrected chi connectivity index (χ4v) is 1.60. The molecule has 0 bridgehead atoms. The summed E-state index contributed by atoms with van der Waals surface area (Å²) in [6, 6.07) is 9.07. The lowest BCUT2D eigenvalue weighted by Gasteiger charge is -2.05. The van der Waals surface area contributed by atoms with Crippen LogP contribution in [-0.4, -0.2) is 22.5 Å². The van der Waals surface area contributed by atoms with Crippen molar-refractivity contribution >= 4 is 23.1 Å². The molecule has 5 heteroatoms. The van der Waals surface area contributed by atoms with Gasteiger partial charge >= 0.3 is 5.97 Å². The van der Waals surface area contributed by atoms with Gasteiger partial charge in [0.05, 0.1) is 29.4 Å². The molecule has 0 N–H and O–H groups in total. The molecular formula is C14H11N3O2. The molecule has 0 unspecified atom stereocenters. The van der Waals surface area contributed by atoms with Gasteiger partial charge in [-0.15, -0.1) is 0 Å². The molecule has 2 aromatic rings. The Morgan fingerprint density at radius 2 is 2.05 bits per heavy atom. The molecule has 0 spiro atoms. The lowest BCUT2D eigenvalue weighted by Crippen LogP contribution is -2.10. The quantitative estimate of drug-likeness (QED) is 0.620. The van der Waals surface area contributed by atoms with E-state index in [9.17, 15) is 4.79 Å².